The van der Waals surface area contributed by atoms with Crippen LogP contribution in [0.5, 0.6) is 0 Å². The highest BCUT2D eigenvalue weighted by atomic mass is 32.1. The third kappa shape index (κ3) is 5.73. The van der Waals surface area contributed by atoms with Gasteiger partial charge >= 0.3 is 6.09 Å². The van der Waals surface area contributed by atoms with Crippen LogP contribution >= 0.6 is 11.3 Å². The van der Waals surface area contributed by atoms with Crippen molar-refractivity contribution in [3.05, 3.63) is 82.6 Å². The minimum absolute atomic E-state index is 0. The lowest BCUT2D eigenvalue weighted by Gasteiger charge is -2.49. The molecule has 3 amide bonds. The minimum atomic E-state index is -1.03. The lowest BCUT2D eigenvalue weighted by molar-refractivity contribution is -0.121. The standard InChI is InChI=1S/C36H38FN7O4S.H2/c1-35(2,3)48-34(47)41-13-10-36(18-41)19-43(20-36)24-8-6-22(7-9-24)23-15-25-26(27(37)16-23)17-44(32(25)46)30(31(45)40-33-38-11-14-49-33)29-28-5-4-12-42(28)21-39-29;/h6-9,11,14-16,21,30H,4-5,10,12-13,17-20H2,1-3H3,(H,38,40,45);1H. The van der Waals surface area contributed by atoms with Gasteiger partial charge in [-0.25, -0.2) is 19.2 Å². The molecule has 1 unspecified atom stereocenters. The molecule has 0 bridgehead atoms. The highest BCUT2D eigenvalue weighted by Gasteiger charge is 2.49. The fourth-order valence-corrected chi connectivity index (χ4v) is 8.18. The number of nitrogens with zero attached hydrogens (tertiary/aromatic N) is 6. The number of halogens is 1. The van der Waals surface area contributed by atoms with Crippen LogP contribution in [0.4, 0.5) is 20.0 Å². The maximum Gasteiger partial charge on any atom is 0.410 e. The highest BCUT2D eigenvalue weighted by Crippen LogP contribution is 2.43. The first-order valence-electron chi connectivity index (χ1n) is 16.7. The number of ether oxygens (including phenoxy) is 1. The minimum Gasteiger partial charge on any atom is -0.444 e. The number of thiazole rings is 1. The van der Waals surface area contributed by atoms with E-state index in [9.17, 15) is 14.4 Å². The molecule has 2 saturated heterocycles. The summed E-state index contributed by atoms with van der Waals surface area (Å²) in [6.45, 7) is 9.49. The van der Waals surface area contributed by atoms with Crippen LogP contribution in [0.25, 0.3) is 11.1 Å². The quantitative estimate of drug-likeness (QED) is 0.260. The number of rotatable bonds is 6. The van der Waals surface area contributed by atoms with E-state index in [-0.39, 0.29) is 30.6 Å². The summed E-state index contributed by atoms with van der Waals surface area (Å²) >= 11 is 1.29. The van der Waals surface area contributed by atoms with Crippen molar-refractivity contribution < 1.29 is 24.9 Å². The number of carbonyl (C=O) groups is 3. The van der Waals surface area contributed by atoms with E-state index in [0.29, 0.717) is 29.5 Å². The summed E-state index contributed by atoms with van der Waals surface area (Å²) in [7, 11) is 0. The summed E-state index contributed by atoms with van der Waals surface area (Å²) in [5.41, 5.74) is 3.95. The zero-order chi connectivity index (χ0) is 34.1. The second-order valence-electron chi connectivity index (χ2n) is 14.6. The molecule has 256 valence electrons. The molecular weight excluding hydrogens is 646 g/mol. The molecular formula is C36H40FN7O4S. The van der Waals surface area contributed by atoms with Crippen molar-refractivity contribution in [1.29, 1.82) is 0 Å². The van der Waals surface area contributed by atoms with Gasteiger partial charge in [-0.15, -0.1) is 11.3 Å². The number of carbonyl (C=O) groups excluding carboxylic acids is 3. The van der Waals surface area contributed by atoms with E-state index in [4.69, 9.17) is 4.74 Å². The molecule has 13 heteroatoms. The van der Waals surface area contributed by atoms with E-state index in [1.807, 2.05) is 54.5 Å². The number of fused-ring (bicyclic) bond motifs is 2. The molecule has 8 rings (SSSR count). The first kappa shape index (κ1) is 31.5. The molecule has 1 N–H and O–H groups in total. The van der Waals surface area contributed by atoms with Crippen molar-refractivity contribution >= 4 is 40.1 Å². The Balaban J connectivity index is 0.00000392. The van der Waals surface area contributed by atoms with Crippen LogP contribution in [0.3, 0.4) is 0 Å². The molecule has 11 nitrogen and oxygen atoms in total. The SMILES string of the molecule is CC(C)(C)OC(=O)N1CCC2(C1)CN(c1ccc(-c3cc(F)c4c(c3)C(=O)N(C(C(=O)Nc3nccs3)c3ncn5c3CCC5)C4)cc1)C2.[HH]. The Morgan fingerprint density at radius 1 is 1.08 bits per heavy atom. The Hall–Kier alpha value is -4.78. The van der Waals surface area contributed by atoms with Crippen LogP contribution in [0.1, 0.15) is 68.4 Å². The maximum absolute atomic E-state index is 15.8. The number of hydrogen-bond donors (Lipinski definition) is 1. The molecule has 1 spiro atoms. The zero-order valence-corrected chi connectivity index (χ0v) is 28.6. The van der Waals surface area contributed by atoms with Gasteiger partial charge in [-0.2, -0.15) is 0 Å². The van der Waals surface area contributed by atoms with Crippen molar-refractivity contribution in [3.63, 3.8) is 0 Å². The molecule has 4 aliphatic heterocycles. The molecule has 0 aliphatic carbocycles. The number of aromatic nitrogens is 3. The van der Waals surface area contributed by atoms with Gasteiger partial charge in [0.25, 0.3) is 11.8 Å². The Bertz CT molecular complexity index is 1950. The summed E-state index contributed by atoms with van der Waals surface area (Å²) in [5, 5.41) is 5.02. The summed E-state index contributed by atoms with van der Waals surface area (Å²) in [5.74, 6) is -1.32. The molecule has 2 fully saturated rings. The topological polar surface area (TPSA) is 113 Å². The van der Waals surface area contributed by atoms with Gasteiger partial charge in [0.15, 0.2) is 11.2 Å². The lowest BCUT2D eigenvalue weighted by Crippen LogP contribution is -2.58. The van der Waals surface area contributed by atoms with E-state index < -0.39 is 29.3 Å². The molecule has 6 heterocycles. The van der Waals surface area contributed by atoms with Crippen molar-refractivity contribution in [2.45, 2.75) is 64.8 Å². The molecule has 2 aromatic carbocycles. The van der Waals surface area contributed by atoms with Crippen LogP contribution in [0, 0.1) is 11.2 Å². The monoisotopic (exact) mass is 685 g/mol. The number of likely N-dealkylation sites (tertiary alicyclic amines) is 1. The molecule has 2 aromatic heterocycles. The fraction of sp³-hybridized carbons (Fsp3) is 0.417. The third-order valence-corrected chi connectivity index (χ3v) is 10.7. The van der Waals surface area contributed by atoms with E-state index >= 15 is 4.39 Å². The van der Waals surface area contributed by atoms with Crippen molar-refractivity contribution in [3.8, 4) is 11.1 Å². The van der Waals surface area contributed by atoms with Crippen molar-refractivity contribution in [1.82, 2.24) is 24.3 Å². The van der Waals surface area contributed by atoms with E-state index in [0.717, 1.165) is 55.8 Å². The first-order chi connectivity index (χ1) is 23.5. The summed E-state index contributed by atoms with van der Waals surface area (Å²) in [6.07, 6.45) is 5.68. The van der Waals surface area contributed by atoms with Crippen LogP contribution in [-0.2, 0) is 29.0 Å². The van der Waals surface area contributed by atoms with Crippen LogP contribution in [0.15, 0.2) is 54.3 Å². The summed E-state index contributed by atoms with van der Waals surface area (Å²) in [6, 6.07) is 10.1. The number of benzene rings is 2. The third-order valence-electron chi connectivity index (χ3n) is 10.00. The molecule has 4 aliphatic rings. The Morgan fingerprint density at radius 2 is 1.88 bits per heavy atom. The van der Waals surface area contributed by atoms with Gasteiger partial charge in [0.05, 0.1) is 18.6 Å². The fourth-order valence-electron chi connectivity index (χ4n) is 7.65. The van der Waals surface area contributed by atoms with Gasteiger partial charge < -0.3 is 24.0 Å². The number of anilines is 2. The summed E-state index contributed by atoms with van der Waals surface area (Å²) < 4.78 is 23.4. The largest absolute Gasteiger partial charge is 0.444 e. The van der Waals surface area contributed by atoms with E-state index in [1.165, 1.54) is 22.3 Å². The van der Waals surface area contributed by atoms with E-state index in [1.54, 1.807) is 24.0 Å². The number of imidazole rings is 1. The van der Waals surface area contributed by atoms with Gasteiger partial charge in [-0.05, 0) is 75.4 Å². The van der Waals surface area contributed by atoms with Gasteiger partial charge in [0, 0.05) is 73.7 Å². The van der Waals surface area contributed by atoms with Gasteiger partial charge in [0.1, 0.15) is 11.4 Å². The van der Waals surface area contributed by atoms with Gasteiger partial charge in [-0.1, -0.05) is 12.1 Å². The van der Waals surface area contributed by atoms with Crippen LogP contribution in [-0.4, -0.2) is 74.0 Å². The van der Waals surface area contributed by atoms with Crippen molar-refractivity contribution in [2.75, 3.05) is 36.4 Å². The van der Waals surface area contributed by atoms with Crippen molar-refractivity contribution in [2.24, 2.45) is 5.41 Å². The predicted molar refractivity (Wildman–Crippen MR) is 185 cm³/mol. The average Bonchev–Trinajstić information content (AvgIpc) is 3.87. The lowest BCUT2D eigenvalue weighted by atomic mass is 9.78. The molecule has 1 atom stereocenters. The summed E-state index contributed by atoms with van der Waals surface area (Å²) in [4.78, 5) is 54.6. The van der Waals surface area contributed by atoms with Gasteiger partial charge in [-0.3, -0.25) is 14.9 Å². The van der Waals surface area contributed by atoms with Gasteiger partial charge in [0.2, 0.25) is 0 Å². The first-order valence-corrected chi connectivity index (χ1v) is 17.6. The molecule has 0 saturated carbocycles. The van der Waals surface area contributed by atoms with Crippen LogP contribution in [0.2, 0.25) is 0 Å². The zero-order valence-electron chi connectivity index (χ0n) is 27.7. The number of amides is 3. The normalized spacial score (nSPS) is 18.4. The van der Waals surface area contributed by atoms with Crippen LogP contribution < -0.4 is 10.2 Å². The highest BCUT2D eigenvalue weighted by molar-refractivity contribution is 7.13. The second kappa shape index (κ2) is 11.7. The number of aryl methyl sites for hydroxylation is 1. The average molecular weight is 686 g/mol. The molecule has 0 radical (unpaired) electrons. The Morgan fingerprint density at radius 3 is 2.61 bits per heavy atom. The maximum atomic E-state index is 15.8. The Labute approximate surface area is 289 Å². The Kier molecular flexibility index (Phi) is 7.50. The molecule has 4 aromatic rings. The predicted octanol–water partition coefficient (Wildman–Crippen LogP) is 6.12. The molecule has 49 heavy (non-hydrogen) atoms. The smallest absolute Gasteiger partial charge is 0.410 e. The number of nitrogens with one attached hydrogen (secondary N) is 1. The second-order valence-corrected chi connectivity index (χ2v) is 15.5. The number of hydrogen-bond acceptors (Lipinski definition) is 8. The van der Waals surface area contributed by atoms with E-state index in [2.05, 4.69) is 20.2 Å².